The van der Waals surface area contributed by atoms with Crippen LogP contribution in [0.15, 0.2) is 48.5 Å². The van der Waals surface area contributed by atoms with E-state index in [9.17, 15) is 13.2 Å². The Morgan fingerprint density at radius 3 is 2.64 bits per heavy atom. The molecule has 1 unspecified atom stereocenters. The maximum Gasteiger partial charge on any atom is 0.419 e. The van der Waals surface area contributed by atoms with Gasteiger partial charge >= 0.3 is 6.18 Å². The fourth-order valence-corrected chi connectivity index (χ4v) is 3.36. The Morgan fingerprint density at radius 1 is 1.12 bits per heavy atom. The van der Waals surface area contributed by atoms with E-state index in [2.05, 4.69) is 11.9 Å². The monoisotopic (exact) mass is 349 g/mol. The second-order valence-corrected chi connectivity index (χ2v) is 6.56. The van der Waals surface area contributed by atoms with Gasteiger partial charge in [-0.1, -0.05) is 24.3 Å². The van der Waals surface area contributed by atoms with Crippen LogP contribution in [0.3, 0.4) is 0 Å². The van der Waals surface area contributed by atoms with Gasteiger partial charge in [-0.05, 0) is 69.1 Å². The molecule has 0 aliphatic carbocycles. The Morgan fingerprint density at radius 2 is 1.92 bits per heavy atom. The SMILES string of the molecule is CN1CCCC1CCc1cccc(Oc2ccccc2C(F)(F)F)c1. The van der Waals surface area contributed by atoms with Crippen molar-refractivity contribution in [1.29, 1.82) is 0 Å². The second kappa shape index (κ2) is 7.48. The molecule has 0 spiro atoms. The standard InChI is InChI=1S/C20H22F3NO/c1-24-13-5-7-16(24)12-11-15-6-4-8-17(14-15)25-19-10-3-2-9-18(19)20(21,22)23/h2-4,6,8-10,14,16H,5,7,11-13H2,1H3. The number of hydrogen-bond acceptors (Lipinski definition) is 2. The molecule has 0 N–H and O–H groups in total. The van der Waals surface area contributed by atoms with Crippen LogP contribution in [-0.4, -0.2) is 24.5 Å². The molecule has 2 nitrogen and oxygen atoms in total. The third-order valence-corrected chi connectivity index (χ3v) is 4.76. The molecular formula is C20H22F3NO. The third kappa shape index (κ3) is 4.54. The van der Waals surface area contributed by atoms with E-state index in [1.807, 2.05) is 18.2 Å². The minimum atomic E-state index is -4.43. The summed E-state index contributed by atoms with van der Waals surface area (Å²) in [6, 6.07) is 13.2. The summed E-state index contributed by atoms with van der Waals surface area (Å²) in [5.41, 5.74) is 0.329. The van der Waals surface area contributed by atoms with E-state index in [1.54, 1.807) is 12.1 Å². The van der Waals surface area contributed by atoms with Crippen LogP contribution in [0.25, 0.3) is 0 Å². The average molecular weight is 349 g/mol. The number of alkyl halides is 3. The molecule has 1 aliphatic heterocycles. The molecule has 25 heavy (non-hydrogen) atoms. The van der Waals surface area contributed by atoms with Crippen molar-refractivity contribution >= 4 is 0 Å². The first-order chi connectivity index (χ1) is 11.9. The van der Waals surface area contributed by atoms with E-state index < -0.39 is 11.7 Å². The highest BCUT2D eigenvalue weighted by Gasteiger charge is 2.34. The van der Waals surface area contributed by atoms with Crippen LogP contribution < -0.4 is 4.74 Å². The molecule has 2 aromatic carbocycles. The maximum absolute atomic E-state index is 13.1. The number of nitrogens with zero attached hydrogens (tertiary/aromatic N) is 1. The van der Waals surface area contributed by atoms with Gasteiger partial charge in [0.05, 0.1) is 5.56 Å². The predicted molar refractivity (Wildman–Crippen MR) is 91.9 cm³/mol. The van der Waals surface area contributed by atoms with E-state index >= 15 is 0 Å². The fraction of sp³-hybridized carbons (Fsp3) is 0.400. The molecule has 1 saturated heterocycles. The predicted octanol–water partition coefficient (Wildman–Crippen LogP) is 5.52. The zero-order chi connectivity index (χ0) is 17.9. The van der Waals surface area contributed by atoms with Gasteiger partial charge in [-0.3, -0.25) is 0 Å². The summed E-state index contributed by atoms with van der Waals surface area (Å²) in [5.74, 6) is 0.275. The number of likely N-dealkylation sites (tertiary alicyclic amines) is 1. The topological polar surface area (TPSA) is 12.5 Å². The van der Waals surface area contributed by atoms with Gasteiger partial charge in [-0.25, -0.2) is 0 Å². The molecule has 134 valence electrons. The van der Waals surface area contributed by atoms with E-state index in [0.29, 0.717) is 11.8 Å². The van der Waals surface area contributed by atoms with Crippen LogP contribution in [-0.2, 0) is 12.6 Å². The second-order valence-electron chi connectivity index (χ2n) is 6.56. The Balaban J connectivity index is 1.70. The quantitative estimate of drug-likeness (QED) is 0.704. The lowest BCUT2D eigenvalue weighted by atomic mass is 10.0. The molecule has 1 heterocycles. The van der Waals surface area contributed by atoms with Gasteiger partial charge in [-0.15, -0.1) is 0 Å². The highest BCUT2D eigenvalue weighted by molar-refractivity contribution is 5.40. The molecular weight excluding hydrogens is 327 g/mol. The molecule has 1 aliphatic rings. The lowest BCUT2D eigenvalue weighted by Crippen LogP contribution is -2.25. The van der Waals surface area contributed by atoms with Crippen molar-refractivity contribution < 1.29 is 17.9 Å². The first-order valence-electron chi connectivity index (χ1n) is 8.57. The van der Waals surface area contributed by atoms with Gasteiger partial charge in [0.15, 0.2) is 0 Å². The van der Waals surface area contributed by atoms with Crippen molar-refractivity contribution in [2.75, 3.05) is 13.6 Å². The van der Waals surface area contributed by atoms with Crippen LogP contribution in [0.4, 0.5) is 13.2 Å². The van der Waals surface area contributed by atoms with Crippen LogP contribution in [0.5, 0.6) is 11.5 Å². The summed E-state index contributed by atoms with van der Waals surface area (Å²) in [6.07, 6.45) is -0.0301. The van der Waals surface area contributed by atoms with Gasteiger partial charge < -0.3 is 9.64 Å². The lowest BCUT2D eigenvalue weighted by molar-refractivity contribution is -0.138. The molecule has 5 heteroatoms. The zero-order valence-corrected chi connectivity index (χ0v) is 14.2. The zero-order valence-electron chi connectivity index (χ0n) is 14.2. The van der Waals surface area contributed by atoms with Crippen LogP contribution >= 0.6 is 0 Å². The molecule has 1 atom stereocenters. The molecule has 3 rings (SSSR count). The number of aryl methyl sites for hydroxylation is 1. The lowest BCUT2D eigenvalue weighted by Gasteiger charge is -2.19. The van der Waals surface area contributed by atoms with Crippen molar-refractivity contribution in [3.8, 4) is 11.5 Å². The van der Waals surface area contributed by atoms with Crippen molar-refractivity contribution in [2.45, 2.75) is 37.9 Å². The van der Waals surface area contributed by atoms with E-state index in [0.717, 1.165) is 31.0 Å². The minimum Gasteiger partial charge on any atom is -0.457 e. The molecule has 1 fully saturated rings. The summed E-state index contributed by atoms with van der Waals surface area (Å²) < 4.78 is 44.8. The van der Waals surface area contributed by atoms with Crippen LogP contribution in [0.2, 0.25) is 0 Å². The summed E-state index contributed by atoms with van der Waals surface area (Å²) in [4.78, 5) is 2.37. The first-order valence-corrected chi connectivity index (χ1v) is 8.57. The number of hydrogen-bond donors (Lipinski definition) is 0. The highest BCUT2D eigenvalue weighted by atomic mass is 19.4. The van der Waals surface area contributed by atoms with E-state index in [1.165, 1.54) is 25.0 Å². The maximum atomic E-state index is 13.1. The molecule has 0 saturated carbocycles. The minimum absolute atomic E-state index is 0.164. The van der Waals surface area contributed by atoms with Gasteiger partial charge in [0.1, 0.15) is 11.5 Å². The van der Waals surface area contributed by atoms with Gasteiger partial charge in [0, 0.05) is 6.04 Å². The van der Waals surface area contributed by atoms with E-state index in [-0.39, 0.29) is 5.75 Å². The number of benzene rings is 2. The number of halogens is 3. The Bertz CT molecular complexity index is 714. The van der Waals surface area contributed by atoms with Crippen LogP contribution in [0, 0.1) is 0 Å². The van der Waals surface area contributed by atoms with Crippen molar-refractivity contribution in [1.82, 2.24) is 4.90 Å². The molecule has 2 aromatic rings. The average Bonchev–Trinajstić information content (AvgIpc) is 2.98. The van der Waals surface area contributed by atoms with Gasteiger partial charge in [0.25, 0.3) is 0 Å². The van der Waals surface area contributed by atoms with Gasteiger partial charge in [0.2, 0.25) is 0 Å². The number of rotatable bonds is 5. The van der Waals surface area contributed by atoms with Crippen LogP contribution in [0.1, 0.15) is 30.4 Å². The number of ether oxygens (including phenoxy) is 1. The smallest absolute Gasteiger partial charge is 0.419 e. The van der Waals surface area contributed by atoms with Gasteiger partial charge in [-0.2, -0.15) is 13.2 Å². The Hall–Kier alpha value is -2.01. The van der Waals surface area contributed by atoms with Crippen molar-refractivity contribution in [3.63, 3.8) is 0 Å². The Kier molecular flexibility index (Phi) is 5.33. The largest absolute Gasteiger partial charge is 0.457 e. The molecule has 0 bridgehead atoms. The van der Waals surface area contributed by atoms with Crippen molar-refractivity contribution in [3.05, 3.63) is 59.7 Å². The molecule has 0 radical (unpaired) electrons. The fourth-order valence-electron chi connectivity index (χ4n) is 3.36. The Labute approximate surface area is 146 Å². The van der Waals surface area contributed by atoms with E-state index in [4.69, 9.17) is 4.74 Å². The highest BCUT2D eigenvalue weighted by Crippen LogP contribution is 2.38. The molecule has 0 amide bonds. The normalized spacial score (nSPS) is 18.5. The summed E-state index contributed by atoms with van der Waals surface area (Å²) >= 11 is 0. The summed E-state index contributed by atoms with van der Waals surface area (Å²) in [7, 11) is 2.14. The third-order valence-electron chi connectivity index (χ3n) is 4.76. The summed E-state index contributed by atoms with van der Waals surface area (Å²) in [6.45, 7) is 1.14. The summed E-state index contributed by atoms with van der Waals surface area (Å²) in [5, 5.41) is 0. The first kappa shape index (κ1) is 17.8. The number of para-hydroxylation sites is 1. The van der Waals surface area contributed by atoms with Crippen molar-refractivity contribution in [2.24, 2.45) is 0 Å². The molecule has 0 aromatic heterocycles.